The average Bonchev–Trinajstić information content (AvgIpc) is 2.45. The van der Waals surface area contributed by atoms with Crippen molar-refractivity contribution in [3.8, 4) is 5.75 Å². The van der Waals surface area contributed by atoms with Crippen LogP contribution in [0.3, 0.4) is 0 Å². The molecule has 7 heteroatoms. The maximum absolute atomic E-state index is 11.5. The number of aryl methyl sites for hydroxylation is 1. The Balaban J connectivity index is 2.39. The Hall–Kier alpha value is -2.57. The van der Waals surface area contributed by atoms with E-state index >= 15 is 0 Å². The molecule has 0 aliphatic rings. The van der Waals surface area contributed by atoms with E-state index in [0.717, 1.165) is 5.56 Å². The minimum atomic E-state index is -1.09. The third kappa shape index (κ3) is 5.94. The third-order valence-corrected chi connectivity index (χ3v) is 2.49. The lowest BCUT2D eigenvalue weighted by atomic mass is 10.2. The molecule has 7 nitrogen and oxygen atoms in total. The molecule has 0 aliphatic heterocycles. The smallest absolute Gasteiger partial charge is 0.344 e. The number of carbonyl (C=O) groups is 3. The number of amides is 3. The van der Waals surface area contributed by atoms with Gasteiger partial charge >= 0.3 is 12.0 Å². The average molecular weight is 294 g/mol. The number of urea groups is 1. The summed E-state index contributed by atoms with van der Waals surface area (Å²) in [5.41, 5.74) is 0.999. The SMILES string of the molecule is CNC(=O)NC(=O)[C@H](C)OC(=O)COc1cccc(C)c1. The summed E-state index contributed by atoms with van der Waals surface area (Å²) >= 11 is 0. The van der Waals surface area contributed by atoms with Crippen molar-refractivity contribution in [1.82, 2.24) is 10.6 Å². The Morgan fingerprint density at radius 2 is 2.00 bits per heavy atom. The van der Waals surface area contributed by atoms with Gasteiger partial charge in [-0.1, -0.05) is 12.1 Å². The van der Waals surface area contributed by atoms with Crippen LogP contribution in [0.2, 0.25) is 0 Å². The molecule has 0 fully saturated rings. The van der Waals surface area contributed by atoms with Crippen molar-refractivity contribution in [3.63, 3.8) is 0 Å². The van der Waals surface area contributed by atoms with Crippen LogP contribution in [0.5, 0.6) is 5.75 Å². The second-order valence-corrected chi connectivity index (χ2v) is 4.31. The van der Waals surface area contributed by atoms with Crippen molar-refractivity contribution < 1.29 is 23.9 Å². The first-order chi connectivity index (χ1) is 9.92. The van der Waals surface area contributed by atoms with Gasteiger partial charge in [0, 0.05) is 7.05 Å². The predicted octanol–water partition coefficient (Wildman–Crippen LogP) is 0.761. The maximum atomic E-state index is 11.5. The first kappa shape index (κ1) is 16.5. The van der Waals surface area contributed by atoms with Crippen molar-refractivity contribution in [2.75, 3.05) is 13.7 Å². The highest BCUT2D eigenvalue weighted by atomic mass is 16.6. The van der Waals surface area contributed by atoms with Gasteiger partial charge in [0.1, 0.15) is 5.75 Å². The summed E-state index contributed by atoms with van der Waals surface area (Å²) in [4.78, 5) is 34.0. The second-order valence-electron chi connectivity index (χ2n) is 4.31. The van der Waals surface area contributed by atoms with Crippen LogP contribution in [-0.4, -0.2) is 37.7 Å². The minimum Gasteiger partial charge on any atom is -0.482 e. The van der Waals surface area contributed by atoms with Gasteiger partial charge in [-0.15, -0.1) is 0 Å². The summed E-state index contributed by atoms with van der Waals surface area (Å²) in [6, 6.07) is 6.52. The largest absolute Gasteiger partial charge is 0.482 e. The van der Waals surface area contributed by atoms with Gasteiger partial charge in [-0.2, -0.15) is 0 Å². The zero-order valence-corrected chi connectivity index (χ0v) is 12.1. The highest BCUT2D eigenvalue weighted by Crippen LogP contribution is 2.12. The van der Waals surface area contributed by atoms with E-state index in [4.69, 9.17) is 9.47 Å². The van der Waals surface area contributed by atoms with Gasteiger partial charge in [0.2, 0.25) is 0 Å². The van der Waals surface area contributed by atoms with E-state index in [9.17, 15) is 14.4 Å². The minimum absolute atomic E-state index is 0.318. The topological polar surface area (TPSA) is 93.7 Å². The Kier molecular flexibility index (Phi) is 6.19. The number of rotatable bonds is 5. The van der Waals surface area contributed by atoms with Gasteiger partial charge in [-0.3, -0.25) is 10.1 Å². The lowest BCUT2D eigenvalue weighted by Gasteiger charge is -2.13. The number of benzene rings is 1. The molecule has 0 radical (unpaired) electrons. The molecule has 0 aliphatic carbocycles. The van der Waals surface area contributed by atoms with Crippen LogP contribution >= 0.6 is 0 Å². The van der Waals surface area contributed by atoms with Gasteiger partial charge < -0.3 is 14.8 Å². The van der Waals surface area contributed by atoms with Crippen molar-refractivity contribution in [2.45, 2.75) is 20.0 Å². The number of nitrogens with one attached hydrogen (secondary N) is 2. The van der Waals surface area contributed by atoms with Gasteiger partial charge in [-0.05, 0) is 31.5 Å². The zero-order chi connectivity index (χ0) is 15.8. The molecule has 0 spiro atoms. The zero-order valence-electron chi connectivity index (χ0n) is 12.1. The van der Waals surface area contributed by atoms with Gasteiger partial charge in [0.25, 0.3) is 5.91 Å². The molecule has 0 saturated heterocycles. The predicted molar refractivity (Wildman–Crippen MR) is 74.8 cm³/mol. The quantitative estimate of drug-likeness (QED) is 0.782. The highest BCUT2D eigenvalue weighted by Gasteiger charge is 2.19. The summed E-state index contributed by atoms with van der Waals surface area (Å²) < 4.78 is 10.1. The molecule has 114 valence electrons. The van der Waals surface area contributed by atoms with Gasteiger partial charge in [0.15, 0.2) is 12.7 Å². The fraction of sp³-hybridized carbons (Fsp3) is 0.357. The summed E-state index contributed by atoms with van der Waals surface area (Å²) in [6.45, 7) is 2.94. The number of imide groups is 1. The van der Waals surface area contributed by atoms with Crippen molar-refractivity contribution in [3.05, 3.63) is 29.8 Å². The summed E-state index contributed by atoms with van der Waals surface area (Å²) in [6.07, 6.45) is -1.09. The molecule has 0 saturated carbocycles. The fourth-order valence-electron chi connectivity index (χ4n) is 1.41. The maximum Gasteiger partial charge on any atom is 0.344 e. The molecule has 1 rings (SSSR count). The molecule has 0 aromatic heterocycles. The number of hydrogen-bond acceptors (Lipinski definition) is 5. The van der Waals surface area contributed by atoms with Crippen molar-refractivity contribution in [1.29, 1.82) is 0 Å². The molecule has 21 heavy (non-hydrogen) atoms. The molecule has 3 amide bonds. The summed E-state index contributed by atoms with van der Waals surface area (Å²) in [7, 11) is 1.37. The normalized spacial score (nSPS) is 11.2. The van der Waals surface area contributed by atoms with Crippen molar-refractivity contribution >= 4 is 17.9 Å². The molecule has 0 bridgehead atoms. The Morgan fingerprint density at radius 3 is 2.62 bits per heavy atom. The number of ether oxygens (including phenoxy) is 2. The van der Waals surface area contributed by atoms with Crippen LogP contribution < -0.4 is 15.4 Å². The Labute approximate surface area is 122 Å². The van der Waals surface area contributed by atoms with Crippen LogP contribution in [0.4, 0.5) is 4.79 Å². The van der Waals surface area contributed by atoms with Crippen LogP contribution in [0.15, 0.2) is 24.3 Å². The van der Waals surface area contributed by atoms with Crippen LogP contribution in [0, 0.1) is 6.92 Å². The first-order valence-corrected chi connectivity index (χ1v) is 6.34. The van der Waals surface area contributed by atoms with E-state index in [2.05, 4.69) is 5.32 Å². The molecule has 2 N–H and O–H groups in total. The molecule has 1 atom stereocenters. The standard InChI is InChI=1S/C14H18N2O5/c1-9-5-4-6-11(7-9)20-8-12(17)21-10(2)13(18)16-14(19)15-3/h4-7,10H,8H2,1-3H3,(H2,15,16,18,19)/t10-/m0/s1. The monoisotopic (exact) mass is 294 g/mol. The summed E-state index contributed by atoms with van der Waals surface area (Å²) in [5, 5.41) is 4.23. The van der Waals surface area contributed by atoms with Gasteiger partial charge in [-0.25, -0.2) is 9.59 Å². The number of hydrogen-bond donors (Lipinski definition) is 2. The Bertz CT molecular complexity index is 530. The van der Waals surface area contributed by atoms with E-state index < -0.39 is 24.0 Å². The van der Waals surface area contributed by atoms with E-state index in [1.165, 1.54) is 14.0 Å². The molecule has 0 unspecified atom stereocenters. The van der Waals surface area contributed by atoms with Gasteiger partial charge in [0.05, 0.1) is 0 Å². The first-order valence-electron chi connectivity index (χ1n) is 6.34. The number of carbonyl (C=O) groups excluding carboxylic acids is 3. The van der Waals surface area contributed by atoms with Crippen LogP contribution in [0.1, 0.15) is 12.5 Å². The van der Waals surface area contributed by atoms with E-state index in [1.54, 1.807) is 18.2 Å². The van der Waals surface area contributed by atoms with Crippen LogP contribution in [0.25, 0.3) is 0 Å². The van der Waals surface area contributed by atoms with E-state index in [-0.39, 0.29) is 6.61 Å². The second kappa shape index (κ2) is 7.88. The lowest BCUT2D eigenvalue weighted by Crippen LogP contribution is -2.43. The van der Waals surface area contributed by atoms with E-state index in [1.807, 2.05) is 18.3 Å². The van der Waals surface area contributed by atoms with Crippen molar-refractivity contribution in [2.24, 2.45) is 0 Å². The van der Waals surface area contributed by atoms with E-state index in [0.29, 0.717) is 5.75 Å². The molecule has 1 aromatic carbocycles. The molecule has 0 heterocycles. The fourth-order valence-corrected chi connectivity index (χ4v) is 1.41. The third-order valence-electron chi connectivity index (χ3n) is 2.49. The molecular weight excluding hydrogens is 276 g/mol. The summed E-state index contributed by atoms with van der Waals surface area (Å²) in [5.74, 6) is -0.872. The Morgan fingerprint density at radius 1 is 1.29 bits per heavy atom. The molecule has 1 aromatic rings. The lowest BCUT2D eigenvalue weighted by molar-refractivity contribution is -0.156. The highest BCUT2D eigenvalue weighted by molar-refractivity contribution is 5.97. The molecular formula is C14H18N2O5. The van der Waals surface area contributed by atoms with Crippen LogP contribution in [-0.2, 0) is 14.3 Å². The number of esters is 1.